The Bertz CT molecular complexity index is 1250. The number of Topliss-reactive ketones (excluding diaryl/α,β-unsaturated/α-hetero) is 1. The van der Waals surface area contributed by atoms with Crippen LogP contribution in [0.3, 0.4) is 0 Å². The van der Waals surface area contributed by atoms with E-state index in [1.807, 2.05) is 34.9 Å². The van der Waals surface area contributed by atoms with E-state index in [0.29, 0.717) is 28.3 Å². The van der Waals surface area contributed by atoms with E-state index in [4.69, 9.17) is 11.6 Å². The van der Waals surface area contributed by atoms with Gasteiger partial charge in [0, 0.05) is 33.9 Å². The van der Waals surface area contributed by atoms with Gasteiger partial charge in [0.15, 0.2) is 0 Å². The molecule has 5 nitrogen and oxygen atoms in total. The minimum Gasteiger partial charge on any atom is -0.508 e. The van der Waals surface area contributed by atoms with Crippen LogP contribution in [-0.2, 0) is 11.3 Å². The number of halogens is 1. The number of rotatable bonds is 5. The zero-order chi connectivity index (χ0) is 21.3. The van der Waals surface area contributed by atoms with Gasteiger partial charge in [-0.1, -0.05) is 41.9 Å². The number of fused-ring (bicyclic) bond motifs is 1. The van der Waals surface area contributed by atoms with Gasteiger partial charge in [0.25, 0.3) is 11.7 Å². The second kappa shape index (κ2) is 8.05. The van der Waals surface area contributed by atoms with Crippen LogP contribution in [0.5, 0.6) is 5.75 Å². The van der Waals surface area contributed by atoms with Crippen LogP contribution in [0.25, 0.3) is 10.9 Å². The second-order valence-corrected chi connectivity index (χ2v) is 7.46. The van der Waals surface area contributed by atoms with E-state index in [2.05, 4.69) is 5.32 Å². The number of ketones is 1. The zero-order valence-electron chi connectivity index (χ0n) is 16.2. The fourth-order valence-corrected chi connectivity index (χ4v) is 3.68. The number of phenolic OH excluding ortho intramolecular Hbond substituents is 1. The summed E-state index contributed by atoms with van der Waals surface area (Å²) in [6.07, 6.45) is 0. The molecule has 1 heterocycles. The third-order valence-corrected chi connectivity index (χ3v) is 5.28. The summed E-state index contributed by atoms with van der Waals surface area (Å²) in [5.74, 6) is -1.34. The molecule has 30 heavy (non-hydrogen) atoms. The van der Waals surface area contributed by atoms with E-state index in [9.17, 15) is 14.7 Å². The maximum absolute atomic E-state index is 13.1. The maximum Gasteiger partial charge on any atom is 0.296 e. The van der Waals surface area contributed by atoms with Gasteiger partial charge in [-0.3, -0.25) is 9.59 Å². The third-order valence-electron chi connectivity index (χ3n) is 5.03. The van der Waals surface area contributed by atoms with Gasteiger partial charge >= 0.3 is 0 Å². The molecule has 0 aliphatic heterocycles. The molecule has 150 valence electrons. The van der Waals surface area contributed by atoms with E-state index in [1.54, 1.807) is 43.3 Å². The molecule has 0 bridgehead atoms. The summed E-state index contributed by atoms with van der Waals surface area (Å²) in [4.78, 5) is 25.7. The van der Waals surface area contributed by atoms with Crippen molar-refractivity contribution < 1.29 is 14.7 Å². The second-order valence-electron chi connectivity index (χ2n) is 7.02. The number of carbonyl (C=O) groups excluding carboxylic acids is 2. The first-order valence-corrected chi connectivity index (χ1v) is 9.79. The summed E-state index contributed by atoms with van der Waals surface area (Å²) in [5.41, 5.74) is 3.24. The van der Waals surface area contributed by atoms with Crippen molar-refractivity contribution >= 4 is 39.9 Å². The number of para-hydroxylation sites is 1. The van der Waals surface area contributed by atoms with Gasteiger partial charge in [-0.15, -0.1) is 0 Å². The summed E-state index contributed by atoms with van der Waals surface area (Å²) < 4.78 is 1.96. The lowest BCUT2D eigenvalue weighted by atomic mass is 10.1. The zero-order valence-corrected chi connectivity index (χ0v) is 17.0. The first kappa shape index (κ1) is 19.7. The number of nitrogens with zero attached hydrogens (tertiary/aromatic N) is 1. The van der Waals surface area contributed by atoms with Crippen LogP contribution in [0, 0.1) is 6.92 Å². The molecule has 0 aliphatic carbocycles. The molecule has 1 amide bonds. The predicted octanol–water partition coefficient (Wildman–Crippen LogP) is 5.18. The van der Waals surface area contributed by atoms with Gasteiger partial charge in [0.1, 0.15) is 5.75 Å². The van der Waals surface area contributed by atoms with Crippen molar-refractivity contribution in [3.05, 3.63) is 94.6 Å². The monoisotopic (exact) mass is 418 g/mol. The van der Waals surface area contributed by atoms with E-state index < -0.39 is 11.7 Å². The van der Waals surface area contributed by atoms with Crippen molar-refractivity contribution in [2.75, 3.05) is 5.32 Å². The molecule has 0 saturated carbocycles. The lowest BCUT2D eigenvalue weighted by molar-refractivity contribution is -0.112. The van der Waals surface area contributed by atoms with Crippen LogP contribution in [-0.4, -0.2) is 21.4 Å². The molecule has 3 aromatic carbocycles. The highest BCUT2D eigenvalue weighted by molar-refractivity contribution is 6.48. The summed E-state index contributed by atoms with van der Waals surface area (Å²) in [5, 5.41) is 13.8. The van der Waals surface area contributed by atoms with Crippen molar-refractivity contribution in [2.24, 2.45) is 0 Å². The molecule has 6 heteroatoms. The van der Waals surface area contributed by atoms with E-state index in [0.717, 1.165) is 11.1 Å². The average Bonchev–Trinajstić information content (AvgIpc) is 3.00. The number of carbonyl (C=O) groups is 2. The van der Waals surface area contributed by atoms with Gasteiger partial charge in [-0.05, 0) is 55.0 Å². The highest BCUT2D eigenvalue weighted by atomic mass is 35.5. The van der Waals surface area contributed by atoms with Gasteiger partial charge in [-0.25, -0.2) is 0 Å². The molecule has 0 atom stereocenters. The lowest BCUT2D eigenvalue weighted by Gasteiger charge is -2.09. The Balaban J connectivity index is 1.76. The molecular weight excluding hydrogens is 400 g/mol. The molecule has 0 saturated heterocycles. The summed E-state index contributed by atoms with van der Waals surface area (Å²) >= 11 is 5.98. The summed E-state index contributed by atoms with van der Waals surface area (Å²) in [7, 11) is 0. The molecule has 0 spiro atoms. The van der Waals surface area contributed by atoms with Crippen LogP contribution in [0.4, 0.5) is 5.69 Å². The molecule has 0 unspecified atom stereocenters. The Morgan fingerprint density at radius 1 is 1.00 bits per heavy atom. The Morgan fingerprint density at radius 3 is 2.40 bits per heavy atom. The lowest BCUT2D eigenvalue weighted by Crippen LogP contribution is -2.23. The topological polar surface area (TPSA) is 71.3 Å². The minimum absolute atomic E-state index is 0.0312. The fourth-order valence-electron chi connectivity index (χ4n) is 3.56. The Kier molecular flexibility index (Phi) is 5.29. The van der Waals surface area contributed by atoms with Crippen LogP contribution in [0.2, 0.25) is 5.02 Å². The van der Waals surface area contributed by atoms with Crippen molar-refractivity contribution in [3.63, 3.8) is 0 Å². The molecular formula is C24H19ClN2O3. The van der Waals surface area contributed by atoms with Crippen molar-refractivity contribution in [3.8, 4) is 5.75 Å². The highest BCUT2D eigenvalue weighted by Crippen LogP contribution is 2.30. The van der Waals surface area contributed by atoms with Gasteiger partial charge < -0.3 is 15.0 Å². The van der Waals surface area contributed by atoms with E-state index >= 15 is 0 Å². The average molecular weight is 419 g/mol. The molecule has 0 fully saturated rings. The van der Waals surface area contributed by atoms with Crippen LogP contribution < -0.4 is 5.32 Å². The molecule has 4 rings (SSSR count). The number of hydrogen-bond donors (Lipinski definition) is 2. The molecule has 4 aromatic rings. The summed E-state index contributed by atoms with van der Waals surface area (Å²) in [6, 6.07) is 21.1. The fraction of sp³-hybridized carbons (Fsp3) is 0.0833. The smallest absolute Gasteiger partial charge is 0.296 e. The molecule has 1 aromatic heterocycles. The molecule has 2 N–H and O–H groups in total. The molecule has 0 radical (unpaired) electrons. The van der Waals surface area contributed by atoms with E-state index in [1.165, 1.54) is 6.07 Å². The number of amides is 1. The number of anilines is 1. The van der Waals surface area contributed by atoms with Crippen LogP contribution in [0.15, 0.2) is 72.8 Å². The van der Waals surface area contributed by atoms with Crippen molar-refractivity contribution in [1.29, 1.82) is 0 Å². The van der Waals surface area contributed by atoms with Gasteiger partial charge in [-0.2, -0.15) is 0 Å². The number of aromatic nitrogens is 1. The first-order valence-electron chi connectivity index (χ1n) is 9.41. The Labute approximate surface area is 178 Å². The van der Waals surface area contributed by atoms with Crippen LogP contribution in [0.1, 0.15) is 21.6 Å². The van der Waals surface area contributed by atoms with Crippen molar-refractivity contribution in [2.45, 2.75) is 13.5 Å². The quantitative estimate of drug-likeness (QED) is 0.346. The van der Waals surface area contributed by atoms with E-state index in [-0.39, 0.29) is 11.3 Å². The number of hydrogen-bond acceptors (Lipinski definition) is 3. The number of phenols is 1. The SMILES string of the molecule is Cc1c(C(=O)C(=O)Nc2ccccc2)c2cc(O)ccc2n1Cc1ccc(Cl)cc1. The van der Waals surface area contributed by atoms with Gasteiger partial charge in [0.2, 0.25) is 0 Å². The largest absolute Gasteiger partial charge is 0.508 e. The van der Waals surface area contributed by atoms with Crippen LogP contribution >= 0.6 is 11.6 Å². The highest BCUT2D eigenvalue weighted by Gasteiger charge is 2.25. The minimum atomic E-state index is -0.724. The Morgan fingerprint density at radius 2 is 1.70 bits per heavy atom. The summed E-state index contributed by atoms with van der Waals surface area (Å²) in [6.45, 7) is 2.30. The predicted molar refractivity (Wildman–Crippen MR) is 118 cm³/mol. The van der Waals surface area contributed by atoms with Gasteiger partial charge in [0.05, 0.1) is 5.56 Å². The molecule has 0 aliphatic rings. The number of nitrogens with one attached hydrogen (secondary N) is 1. The number of aromatic hydroxyl groups is 1. The Hall–Kier alpha value is -3.57. The normalized spacial score (nSPS) is 10.9. The number of benzene rings is 3. The standard InChI is InChI=1S/C24H19ClN2O3/c1-15-22(23(29)24(30)26-18-5-3-2-4-6-18)20-13-19(28)11-12-21(20)27(15)14-16-7-9-17(25)10-8-16/h2-13,28H,14H2,1H3,(H,26,30). The van der Waals surface area contributed by atoms with Crippen molar-refractivity contribution in [1.82, 2.24) is 4.57 Å². The third kappa shape index (κ3) is 3.80. The maximum atomic E-state index is 13.1. The first-order chi connectivity index (χ1) is 14.4.